The highest BCUT2D eigenvalue weighted by Crippen LogP contribution is 2.29. The van der Waals surface area contributed by atoms with Crippen molar-refractivity contribution >= 4 is 51.2 Å². The standard InChI is InChI=1S/C20H13F3N6O3S/c1-28-18-13(10-24-28)17(27-19(30)14-7-9-16(33-14)29(31)32)25-15(26-18)8-4-11-2-5-12(6-3-11)20(21,22)23/h2-10H,1H3,(H,25,26,27,30). The van der Waals surface area contributed by atoms with Crippen molar-refractivity contribution < 1.29 is 22.9 Å². The Morgan fingerprint density at radius 3 is 2.52 bits per heavy atom. The van der Waals surface area contributed by atoms with Crippen LogP contribution in [0.2, 0.25) is 0 Å². The second-order valence-corrected chi connectivity index (χ2v) is 7.80. The third-order valence-corrected chi connectivity index (χ3v) is 5.54. The van der Waals surface area contributed by atoms with Crippen LogP contribution in [0.5, 0.6) is 0 Å². The molecule has 0 bridgehead atoms. The molecule has 3 heterocycles. The van der Waals surface area contributed by atoms with Gasteiger partial charge >= 0.3 is 11.2 Å². The van der Waals surface area contributed by atoms with Crippen molar-refractivity contribution in [2.75, 3.05) is 5.32 Å². The molecule has 0 radical (unpaired) electrons. The molecule has 0 fully saturated rings. The molecule has 0 atom stereocenters. The lowest BCUT2D eigenvalue weighted by Gasteiger charge is -2.06. The van der Waals surface area contributed by atoms with Crippen LogP contribution >= 0.6 is 11.3 Å². The van der Waals surface area contributed by atoms with Gasteiger partial charge in [-0.2, -0.15) is 18.3 Å². The predicted octanol–water partition coefficient (Wildman–Crippen LogP) is 4.77. The molecule has 0 aliphatic rings. The van der Waals surface area contributed by atoms with E-state index < -0.39 is 22.6 Å². The number of anilines is 1. The van der Waals surface area contributed by atoms with E-state index >= 15 is 0 Å². The maximum atomic E-state index is 12.7. The summed E-state index contributed by atoms with van der Waals surface area (Å²) >= 11 is 0.724. The van der Waals surface area contributed by atoms with E-state index in [0.29, 0.717) is 16.6 Å². The zero-order chi connectivity index (χ0) is 23.8. The minimum atomic E-state index is -4.42. The van der Waals surface area contributed by atoms with Gasteiger partial charge in [-0.1, -0.05) is 29.5 Å². The van der Waals surface area contributed by atoms with Gasteiger partial charge in [-0.05, 0) is 29.8 Å². The molecule has 168 valence electrons. The molecule has 4 aromatic rings. The first kappa shape index (κ1) is 22.1. The number of hydrogen-bond donors (Lipinski definition) is 1. The maximum absolute atomic E-state index is 12.7. The number of amides is 1. The average molecular weight is 474 g/mol. The number of aromatic nitrogens is 4. The number of nitrogens with one attached hydrogen (secondary N) is 1. The molecule has 0 saturated heterocycles. The van der Waals surface area contributed by atoms with Gasteiger partial charge in [-0.3, -0.25) is 19.6 Å². The van der Waals surface area contributed by atoms with E-state index in [9.17, 15) is 28.1 Å². The smallest absolute Gasteiger partial charge is 0.305 e. The van der Waals surface area contributed by atoms with Crippen LogP contribution in [0.4, 0.5) is 24.0 Å². The molecule has 1 aromatic carbocycles. The molecule has 0 saturated carbocycles. The van der Waals surface area contributed by atoms with E-state index in [2.05, 4.69) is 20.4 Å². The van der Waals surface area contributed by atoms with Crippen molar-refractivity contribution in [1.82, 2.24) is 19.7 Å². The number of carbonyl (C=O) groups excluding carboxylic acids is 1. The van der Waals surface area contributed by atoms with Crippen molar-refractivity contribution in [2.45, 2.75) is 6.18 Å². The number of alkyl halides is 3. The van der Waals surface area contributed by atoms with Crippen molar-refractivity contribution in [3.63, 3.8) is 0 Å². The Kier molecular flexibility index (Phi) is 5.64. The Labute approximate surface area is 187 Å². The monoisotopic (exact) mass is 474 g/mol. The first-order valence-corrected chi connectivity index (χ1v) is 10.0. The minimum Gasteiger partial charge on any atom is -0.305 e. The molecule has 4 rings (SSSR count). The highest BCUT2D eigenvalue weighted by Gasteiger charge is 2.29. The number of benzene rings is 1. The molecule has 33 heavy (non-hydrogen) atoms. The average Bonchev–Trinajstić information content (AvgIpc) is 3.40. The van der Waals surface area contributed by atoms with Gasteiger partial charge in [0.15, 0.2) is 11.5 Å². The summed E-state index contributed by atoms with van der Waals surface area (Å²) in [5.41, 5.74) is 0.142. The highest BCUT2D eigenvalue weighted by molar-refractivity contribution is 7.17. The Morgan fingerprint density at radius 1 is 1.15 bits per heavy atom. The van der Waals surface area contributed by atoms with E-state index in [4.69, 9.17) is 0 Å². The van der Waals surface area contributed by atoms with E-state index in [1.165, 1.54) is 47.3 Å². The van der Waals surface area contributed by atoms with Crippen molar-refractivity contribution in [3.05, 3.63) is 74.5 Å². The van der Waals surface area contributed by atoms with E-state index in [-0.39, 0.29) is 21.5 Å². The molecule has 9 nitrogen and oxygen atoms in total. The number of carbonyl (C=O) groups is 1. The van der Waals surface area contributed by atoms with Gasteiger partial charge < -0.3 is 5.32 Å². The van der Waals surface area contributed by atoms with Gasteiger partial charge in [0, 0.05) is 13.1 Å². The number of halogens is 3. The fourth-order valence-corrected chi connectivity index (χ4v) is 3.60. The number of thiophene rings is 1. The number of fused-ring (bicyclic) bond motifs is 1. The summed E-state index contributed by atoms with van der Waals surface area (Å²) in [5.74, 6) is -0.269. The van der Waals surface area contributed by atoms with E-state index in [1.54, 1.807) is 7.05 Å². The number of rotatable bonds is 5. The number of aryl methyl sites for hydroxylation is 1. The summed E-state index contributed by atoms with van der Waals surface area (Å²) in [7, 11) is 1.65. The summed E-state index contributed by atoms with van der Waals surface area (Å²) in [5, 5.41) is 17.9. The van der Waals surface area contributed by atoms with Crippen LogP contribution in [-0.2, 0) is 13.2 Å². The molecule has 3 aromatic heterocycles. The molecule has 0 aliphatic carbocycles. The maximum Gasteiger partial charge on any atom is 0.416 e. The van der Waals surface area contributed by atoms with Crippen LogP contribution in [0, 0.1) is 10.1 Å². The third-order valence-electron chi connectivity index (χ3n) is 4.50. The number of nitro groups is 1. The summed E-state index contributed by atoms with van der Waals surface area (Å²) in [6.45, 7) is 0. The Balaban J connectivity index is 1.63. The first-order valence-electron chi connectivity index (χ1n) is 9.22. The number of nitrogens with zero attached hydrogens (tertiary/aromatic N) is 5. The van der Waals surface area contributed by atoms with Gasteiger partial charge in [-0.15, -0.1) is 0 Å². The van der Waals surface area contributed by atoms with Crippen LogP contribution in [0.15, 0.2) is 42.6 Å². The zero-order valence-corrected chi connectivity index (χ0v) is 17.5. The largest absolute Gasteiger partial charge is 0.416 e. The molecule has 0 unspecified atom stereocenters. The first-order chi connectivity index (χ1) is 15.6. The van der Waals surface area contributed by atoms with Crippen LogP contribution in [0.25, 0.3) is 23.2 Å². The second-order valence-electron chi connectivity index (χ2n) is 6.74. The highest BCUT2D eigenvalue weighted by atomic mass is 32.1. The lowest BCUT2D eigenvalue weighted by molar-refractivity contribution is -0.380. The molecule has 1 amide bonds. The van der Waals surface area contributed by atoms with E-state index in [1.807, 2.05) is 0 Å². The summed E-state index contributed by atoms with van der Waals surface area (Å²) < 4.78 is 39.6. The van der Waals surface area contributed by atoms with Gasteiger partial charge in [0.2, 0.25) is 0 Å². The van der Waals surface area contributed by atoms with Gasteiger partial charge in [0.25, 0.3) is 5.91 Å². The Bertz CT molecular complexity index is 1390. The van der Waals surface area contributed by atoms with Gasteiger partial charge in [0.1, 0.15) is 5.82 Å². The van der Waals surface area contributed by atoms with Crippen LogP contribution < -0.4 is 5.32 Å². The van der Waals surface area contributed by atoms with Crippen molar-refractivity contribution in [2.24, 2.45) is 7.05 Å². The molecular formula is C20H13F3N6O3S. The van der Waals surface area contributed by atoms with Gasteiger partial charge in [-0.25, -0.2) is 9.97 Å². The minimum absolute atomic E-state index is 0.124. The Morgan fingerprint density at radius 2 is 1.88 bits per heavy atom. The predicted molar refractivity (Wildman–Crippen MR) is 116 cm³/mol. The summed E-state index contributed by atoms with van der Waals surface area (Å²) in [6.07, 6.45) is 0.0593. The van der Waals surface area contributed by atoms with E-state index in [0.717, 1.165) is 23.5 Å². The van der Waals surface area contributed by atoms with Crippen molar-refractivity contribution in [1.29, 1.82) is 0 Å². The summed E-state index contributed by atoms with van der Waals surface area (Å²) in [4.78, 5) is 31.6. The molecular weight excluding hydrogens is 461 g/mol. The summed E-state index contributed by atoms with van der Waals surface area (Å²) in [6, 6.07) is 7.14. The molecule has 1 N–H and O–H groups in total. The lowest BCUT2D eigenvalue weighted by Crippen LogP contribution is -2.12. The Hall–Kier alpha value is -4.13. The zero-order valence-electron chi connectivity index (χ0n) is 16.7. The normalized spacial score (nSPS) is 11.9. The van der Waals surface area contributed by atoms with Crippen molar-refractivity contribution in [3.8, 4) is 0 Å². The van der Waals surface area contributed by atoms with Crippen LogP contribution in [0.3, 0.4) is 0 Å². The van der Waals surface area contributed by atoms with Crippen LogP contribution in [0.1, 0.15) is 26.6 Å². The molecule has 0 aliphatic heterocycles. The fraction of sp³-hybridized carbons (Fsp3) is 0.100. The quantitative estimate of drug-likeness (QED) is 0.329. The van der Waals surface area contributed by atoms with Gasteiger partial charge in [0.05, 0.1) is 26.9 Å². The molecule has 13 heteroatoms. The SMILES string of the molecule is Cn1ncc2c(NC(=O)c3ccc([N+](=O)[O-])s3)nc(C=Cc3ccc(C(F)(F)F)cc3)nc21. The fourth-order valence-electron chi connectivity index (χ4n) is 2.88. The topological polar surface area (TPSA) is 116 Å². The lowest BCUT2D eigenvalue weighted by atomic mass is 10.1. The second kappa shape index (κ2) is 8.43. The number of hydrogen-bond acceptors (Lipinski definition) is 7. The third kappa shape index (κ3) is 4.72. The molecule has 0 spiro atoms. The van der Waals surface area contributed by atoms with Crippen LogP contribution in [-0.4, -0.2) is 30.6 Å².